The Morgan fingerprint density at radius 3 is 2.59 bits per heavy atom. The molecule has 7 heteroatoms. The topological polar surface area (TPSA) is 63.4 Å². The molecule has 0 radical (unpaired) electrons. The van der Waals surface area contributed by atoms with Gasteiger partial charge < -0.3 is 4.42 Å². The molecule has 1 aliphatic heterocycles. The zero-order valence-corrected chi connectivity index (χ0v) is 17.0. The predicted octanol–water partition coefficient (Wildman–Crippen LogP) is 4.67. The minimum absolute atomic E-state index is 0.0104. The van der Waals surface area contributed by atoms with Crippen LogP contribution in [-0.4, -0.2) is 29.8 Å². The van der Waals surface area contributed by atoms with Gasteiger partial charge in [0.05, 0.1) is 11.1 Å². The number of piperidine rings is 1. The van der Waals surface area contributed by atoms with E-state index in [4.69, 9.17) is 16.0 Å². The molecule has 5 nitrogen and oxygen atoms in total. The highest BCUT2D eigenvalue weighted by atomic mass is 35.5. The van der Waals surface area contributed by atoms with Gasteiger partial charge in [-0.25, -0.2) is 13.4 Å². The highest BCUT2D eigenvalue weighted by Gasteiger charge is 2.56. The predicted molar refractivity (Wildman–Crippen MR) is 104 cm³/mol. The molecule has 1 saturated carbocycles. The van der Waals surface area contributed by atoms with E-state index < -0.39 is 10.0 Å². The number of nitrogens with zero attached hydrogens (tertiary/aromatic N) is 2. The molecule has 0 N–H and O–H groups in total. The van der Waals surface area contributed by atoms with Crippen molar-refractivity contribution in [1.82, 2.24) is 9.29 Å². The number of aromatic nitrogens is 1. The SMILES string of the molecule is CC[C@@H]1CCC[C@H](C2(Cc3ncco3)CC2)N1S(=O)(=O)c1ccc(Cl)cc1. The van der Waals surface area contributed by atoms with Crippen molar-refractivity contribution in [2.75, 3.05) is 0 Å². The average molecular weight is 409 g/mol. The zero-order chi connectivity index (χ0) is 19.1. The van der Waals surface area contributed by atoms with Crippen molar-refractivity contribution in [3.63, 3.8) is 0 Å². The second kappa shape index (κ2) is 7.22. The maximum absolute atomic E-state index is 13.6. The quantitative estimate of drug-likeness (QED) is 0.696. The van der Waals surface area contributed by atoms with Crippen LogP contribution in [0, 0.1) is 5.41 Å². The van der Waals surface area contributed by atoms with Crippen molar-refractivity contribution in [3.05, 3.63) is 47.6 Å². The lowest BCUT2D eigenvalue weighted by Crippen LogP contribution is -2.53. The molecule has 2 aliphatic rings. The number of oxazole rings is 1. The number of rotatable bonds is 6. The van der Waals surface area contributed by atoms with Crippen LogP contribution in [0.15, 0.2) is 46.0 Å². The van der Waals surface area contributed by atoms with Gasteiger partial charge in [-0.1, -0.05) is 24.9 Å². The summed E-state index contributed by atoms with van der Waals surface area (Å²) in [4.78, 5) is 4.60. The summed E-state index contributed by atoms with van der Waals surface area (Å²) in [6, 6.07) is 6.55. The Balaban J connectivity index is 1.70. The van der Waals surface area contributed by atoms with Gasteiger partial charge in [0.25, 0.3) is 0 Å². The second-order valence-electron chi connectivity index (χ2n) is 7.76. The van der Waals surface area contributed by atoms with Gasteiger partial charge in [0, 0.05) is 23.5 Å². The normalized spacial score (nSPS) is 25.4. The highest BCUT2D eigenvalue weighted by molar-refractivity contribution is 7.89. The smallest absolute Gasteiger partial charge is 0.243 e. The van der Waals surface area contributed by atoms with E-state index in [1.54, 1.807) is 36.7 Å². The van der Waals surface area contributed by atoms with Gasteiger partial charge in [-0.05, 0) is 61.8 Å². The maximum Gasteiger partial charge on any atom is 0.243 e. The molecule has 1 aromatic carbocycles. The van der Waals surface area contributed by atoms with Crippen LogP contribution >= 0.6 is 11.6 Å². The number of halogens is 1. The summed E-state index contributed by atoms with van der Waals surface area (Å²) in [5.74, 6) is 0.704. The van der Waals surface area contributed by atoms with E-state index in [0.29, 0.717) is 22.2 Å². The molecule has 0 unspecified atom stereocenters. The van der Waals surface area contributed by atoms with Crippen molar-refractivity contribution in [2.45, 2.75) is 68.8 Å². The van der Waals surface area contributed by atoms with Gasteiger partial charge in [-0.15, -0.1) is 0 Å². The number of benzene rings is 1. The van der Waals surface area contributed by atoms with Crippen molar-refractivity contribution in [1.29, 1.82) is 0 Å². The first-order valence-corrected chi connectivity index (χ1v) is 11.5. The van der Waals surface area contributed by atoms with E-state index in [1.165, 1.54) is 0 Å². The number of hydrogen-bond donors (Lipinski definition) is 0. The van der Waals surface area contributed by atoms with Crippen LogP contribution in [0.3, 0.4) is 0 Å². The fourth-order valence-electron chi connectivity index (χ4n) is 4.54. The third-order valence-corrected chi connectivity index (χ3v) is 8.36. The Morgan fingerprint density at radius 2 is 2.00 bits per heavy atom. The Labute approximate surface area is 165 Å². The van der Waals surface area contributed by atoms with E-state index in [2.05, 4.69) is 11.9 Å². The van der Waals surface area contributed by atoms with Crippen LogP contribution in [-0.2, 0) is 16.4 Å². The fourth-order valence-corrected chi connectivity index (χ4v) is 6.70. The monoisotopic (exact) mass is 408 g/mol. The molecule has 2 fully saturated rings. The molecule has 146 valence electrons. The summed E-state index contributed by atoms with van der Waals surface area (Å²) in [7, 11) is -3.59. The molecular formula is C20H25ClN2O3S. The van der Waals surface area contributed by atoms with E-state index in [1.807, 2.05) is 4.31 Å². The summed E-state index contributed by atoms with van der Waals surface area (Å²) >= 11 is 5.97. The molecule has 2 heterocycles. The van der Waals surface area contributed by atoms with Crippen LogP contribution in [0.5, 0.6) is 0 Å². The van der Waals surface area contributed by atoms with Crippen molar-refractivity contribution < 1.29 is 12.8 Å². The van der Waals surface area contributed by atoms with Gasteiger partial charge in [0.15, 0.2) is 5.89 Å². The average Bonchev–Trinajstić information content (AvgIpc) is 3.26. The third-order valence-electron chi connectivity index (χ3n) is 6.13. The summed E-state index contributed by atoms with van der Waals surface area (Å²) in [6.07, 6.45) is 9.66. The van der Waals surface area contributed by atoms with Gasteiger partial charge in [0.1, 0.15) is 6.26 Å². The molecule has 4 rings (SSSR count). The van der Waals surface area contributed by atoms with Gasteiger partial charge in [-0.3, -0.25) is 0 Å². The third kappa shape index (κ3) is 3.55. The van der Waals surface area contributed by atoms with Crippen LogP contribution in [0.4, 0.5) is 0 Å². The molecule has 27 heavy (non-hydrogen) atoms. The first-order chi connectivity index (χ1) is 13.0. The summed E-state index contributed by atoms with van der Waals surface area (Å²) in [6.45, 7) is 2.07. The number of sulfonamides is 1. The van der Waals surface area contributed by atoms with E-state index >= 15 is 0 Å². The van der Waals surface area contributed by atoms with Crippen LogP contribution in [0.1, 0.15) is 51.3 Å². The molecule has 0 spiro atoms. The first-order valence-electron chi connectivity index (χ1n) is 9.64. The molecule has 2 aromatic rings. The van der Waals surface area contributed by atoms with Gasteiger partial charge in [0.2, 0.25) is 10.0 Å². The molecule has 1 saturated heterocycles. The van der Waals surface area contributed by atoms with Crippen molar-refractivity contribution in [2.24, 2.45) is 5.41 Å². The lowest BCUT2D eigenvalue weighted by atomic mass is 9.84. The molecule has 1 aliphatic carbocycles. The highest BCUT2D eigenvalue weighted by Crippen LogP contribution is 2.56. The van der Waals surface area contributed by atoms with Crippen LogP contribution < -0.4 is 0 Å². The standard InChI is InChI=1S/C20H25ClN2O3S/c1-2-16-4-3-5-18(20(10-11-20)14-19-22-12-13-26-19)23(16)27(24,25)17-8-6-15(21)7-9-17/h6-9,12-13,16,18H,2-5,10-11,14H2,1H3/t16-,18-/m1/s1. The first kappa shape index (κ1) is 19.0. The van der Waals surface area contributed by atoms with Gasteiger partial charge >= 0.3 is 0 Å². The van der Waals surface area contributed by atoms with Crippen molar-refractivity contribution >= 4 is 21.6 Å². The van der Waals surface area contributed by atoms with Crippen LogP contribution in [0.2, 0.25) is 5.02 Å². The minimum atomic E-state index is -3.59. The Kier molecular flexibility index (Phi) is 5.08. The maximum atomic E-state index is 13.6. The Bertz CT molecular complexity index is 876. The molecule has 0 amide bonds. The molecular weight excluding hydrogens is 384 g/mol. The Hall–Kier alpha value is -1.37. The Morgan fingerprint density at radius 1 is 1.26 bits per heavy atom. The fraction of sp³-hybridized carbons (Fsp3) is 0.550. The van der Waals surface area contributed by atoms with E-state index in [9.17, 15) is 8.42 Å². The molecule has 1 aromatic heterocycles. The zero-order valence-electron chi connectivity index (χ0n) is 15.5. The van der Waals surface area contributed by atoms with E-state index in [0.717, 1.165) is 38.5 Å². The van der Waals surface area contributed by atoms with Crippen molar-refractivity contribution in [3.8, 4) is 0 Å². The molecule has 2 atom stereocenters. The van der Waals surface area contributed by atoms with Gasteiger partial charge in [-0.2, -0.15) is 4.31 Å². The summed E-state index contributed by atoms with van der Waals surface area (Å²) < 4.78 is 34.5. The lowest BCUT2D eigenvalue weighted by Gasteiger charge is -2.44. The summed E-state index contributed by atoms with van der Waals surface area (Å²) in [5.41, 5.74) is -0.0574. The van der Waals surface area contributed by atoms with Crippen LogP contribution in [0.25, 0.3) is 0 Å². The summed E-state index contributed by atoms with van der Waals surface area (Å²) in [5, 5.41) is 0.541. The second-order valence-corrected chi connectivity index (χ2v) is 10.0. The largest absolute Gasteiger partial charge is 0.449 e. The molecule has 0 bridgehead atoms. The lowest BCUT2D eigenvalue weighted by molar-refractivity contribution is 0.111. The van der Waals surface area contributed by atoms with E-state index in [-0.39, 0.29) is 17.5 Å². The minimum Gasteiger partial charge on any atom is -0.449 e. The number of hydrogen-bond acceptors (Lipinski definition) is 4.